The lowest BCUT2D eigenvalue weighted by Crippen LogP contribution is -2.16. The van der Waals surface area contributed by atoms with Crippen LogP contribution in [0.5, 0.6) is 11.5 Å². The topological polar surface area (TPSA) is 106 Å². The predicted molar refractivity (Wildman–Crippen MR) is 439 cm³/mol. The summed E-state index contributed by atoms with van der Waals surface area (Å²) in [5.74, 6) is 5.53. The van der Waals surface area contributed by atoms with Gasteiger partial charge in [-0.25, -0.2) is 29.9 Å². The van der Waals surface area contributed by atoms with E-state index in [2.05, 4.69) is 241 Å². The second kappa shape index (κ2) is 24.6. The van der Waals surface area contributed by atoms with Crippen LogP contribution in [0.25, 0.3) is 157 Å². The zero-order chi connectivity index (χ0) is 72.0. The van der Waals surface area contributed by atoms with Crippen LogP contribution in [0.3, 0.4) is 0 Å². The molecule has 23 rings (SSSR count). The van der Waals surface area contributed by atoms with Gasteiger partial charge in [-0.05, 0) is 115 Å². The second-order valence-corrected chi connectivity index (χ2v) is 29.4. The van der Waals surface area contributed by atoms with Gasteiger partial charge >= 0.3 is 0 Å². The molecule has 0 saturated heterocycles. The number of para-hydroxylation sites is 2. The molecule has 14 aromatic carbocycles. The van der Waals surface area contributed by atoms with E-state index in [9.17, 15) is 0 Å². The number of nitrogens with zero attached hydrogens (tertiary/aromatic N) is 8. The number of hydrogen-bond donors (Lipinski definition) is 0. The molecule has 6 heterocycles. The number of aromatic nitrogens is 8. The van der Waals surface area contributed by atoms with Crippen molar-refractivity contribution in [2.45, 2.75) is 43.3 Å². The first-order chi connectivity index (χ1) is 53.8. The Morgan fingerprint density at radius 3 is 1.08 bits per heavy atom. The third kappa shape index (κ3) is 9.81. The highest BCUT2D eigenvalue weighted by molar-refractivity contribution is 6.25. The SMILES string of the molecule is C1=CC2c3c(cccc3-c3nc(-c4ccccc4)nc(-c4ccccc4)n3)OC2c2c1n(-c1ccc3c4ccccc4c4ccccc4c3c1)c1ccccc21.CC1(C)c2ccccc2-c2ccc(-n3c4c(c5ccccc53)C3Oc5cccc(-c6nc(-c7ccccc7)nc(-c7ccccc7)n6)c5C3C=C4)cc21. The van der Waals surface area contributed by atoms with Crippen molar-refractivity contribution < 1.29 is 9.47 Å². The summed E-state index contributed by atoms with van der Waals surface area (Å²) in [7, 11) is 0. The molecule has 109 heavy (non-hydrogen) atoms. The second-order valence-electron chi connectivity index (χ2n) is 29.4. The zero-order valence-electron chi connectivity index (χ0n) is 59.5. The van der Waals surface area contributed by atoms with E-state index in [-0.39, 0.29) is 29.5 Å². The number of fused-ring (bicyclic) bond motifs is 23. The zero-order valence-corrected chi connectivity index (χ0v) is 59.5. The minimum absolute atomic E-state index is 0.0153. The first-order valence-corrected chi connectivity index (χ1v) is 37.4. The van der Waals surface area contributed by atoms with Crippen LogP contribution in [0.15, 0.2) is 328 Å². The fourth-order valence-corrected chi connectivity index (χ4v) is 18.1. The highest BCUT2D eigenvalue weighted by Crippen LogP contribution is 2.58. The van der Waals surface area contributed by atoms with Gasteiger partial charge in [0.05, 0.1) is 22.4 Å². The molecule has 10 heteroatoms. The largest absolute Gasteiger partial charge is 0.484 e. The Kier molecular flexibility index (Phi) is 14.1. The van der Waals surface area contributed by atoms with Gasteiger partial charge in [-0.2, -0.15) is 0 Å². The molecule has 4 atom stereocenters. The van der Waals surface area contributed by atoms with Crippen molar-refractivity contribution in [2.75, 3.05) is 0 Å². The van der Waals surface area contributed by atoms with Gasteiger partial charge < -0.3 is 18.6 Å². The molecule has 4 unspecified atom stereocenters. The number of benzene rings is 14. The molecule has 5 aliphatic rings. The van der Waals surface area contributed by atoms with Crippen LogP contribution in [0.2, 0.25) is 0 Å². The van der Waals surface area contributed by atoms with E-state index in [1.807, 2.05) is 121 Å². The average molecular weight is 1400 g/mol. The fourth-order valence-electron chi connectivity index (χ4n) is 18.1. The molecule has 10 nitrogen and oxygen atoms in total. The Hall–Kier alpha value is -14.0. The standard InChI is InChI=1S/C51H32N4O.C48H34N4O/c1-3-14-31(15-4-1)49-52-50(32-16-5-2-6-17-32)54-51(53-49)41-23-13-25-45-46(41)40-28-29-44-47(48(40)56-45)39-22-11-12-24-43(39)55(44)33-26-27-38-36-20-8-7-18-34(36)35-19-9-10-21-37(35)42(38)30-33;1-48(2)37-21-11-9-18-32(37)33-25-24-31(28-38(33)48)52-39-22-12-10-19-34(39)43-40(52)27-26-35-42-36(20-13-23-41(42)53-44(35)43)47-50-45(29-14-5-3-6-15-29)49-46(51-47)30-16-7-4-8-17-30/h1-30,40,48H;3-28,35,44H,1-2H3. The van der Waals surface area contributed by atoms with Crippen molar-refractivity contribution in [2.24, 2.45) is 0 Å². The average Bonchev–Trinajstić information content (AvgIpc) is 1.57. The van der Waals surface area contributed by atoms with Gasteiger partial charge in [0.25, 0.3) is 0 Å². The van der Waals surface area contributed by atoms with Gasteiger partial charge in [0.1, 0.15) is 23.7 Å². The van der Waals surface area contributed by atoms with Crippen LogP contribution in [0.4, 0.5) is 0 Å². The van der Waals surface area contributed by atoms with Gasteiger partial charge in [0, 0.05) is 95.0 Å². The highest BCUT2D eigenvalue weighted by atomic mass is 16.5. The maximum atomic E-state index is 7.03. The Morgan fingerprint density at radius 1 is 0.275 bits per heavy atom. The summed E-state index contributed by atoms with van der Waals surface area (Å²) >= 11 is 0. The predicted octanol–water partition coefficient (Wildman–Crippen LogP) is 23.9. The van der Waals surface area contributed by atoms with Crippen LogP contribution in [0, 0.1) is 0 Å². The summed E-state index contributed by atoms with van der Waals surface area (Å²) in [4.78, 5) is 30.3. The van der Waals surface area contributed by atoms with Gasteiger partial charge in [-0.1, -0.05) is 293 Å². The van der Waals surface area contributed by atoms with E-state index in [0.717, 1.165) is 84.3 Å². The smallest absolute Gasteiger partial charge is 0.164 e. The van der Waals surface area contributed by atoms with E-state index in [4.69, 9.17) is 39.4 Å². The monoisotopic (exact) mass is 1400 g/mol. The Balaban J connectivity index is 0.000000135. The van der Waals surface area contributed by atoms with E-state index < -0.39 is 0 Å². The van der Waals surface area contributed by atoms with Crippen molar-refractivity contribution >= 4 is 66.3 Å². The van der Waals surface area contributed by atoms with Crippen LogP contribution in [-0.4, -0.2) is 39.0 Å². The third-order valence-corrected chi connectivity index (χ3v) is 23.0. The Labute approximate surface area is 629 Å². The lowest BCUT2D eigenvalue weighted by Gasteiger charge is -2.24. The van der Waals surface area contributed by atoms with Gasteiger partial charge in [-0.15, -0.1) is 0 Å². The first-order valence-electron chi connectivity index (χ1n) is 37.4. The van der Waals surface area contributed by atoms with Crippen molar-refractivity contribution in [3.05, 3.63) is 372 Å². The van der Waals surface area contributed by atoms with E-state index >= 15 is 0 Å². The molecule has 4 aromatic heterocycles. The lowest BCUT2D eigenvalue weighted by molar-refractivity contribution is 0.224. The van der Waals surface area contributed by atoms with Crippen LogP contribution >= 0.6 is 0 Å². The van der Waals surface area contributed by atoms with E-state index in [0.29, 0.717) is 34.9 Å². The minimum atomic E-state index is -0.216. The molecular formula is C99H66N8O2. The Morgan fingerprint density at radius 2 is 0.624 bits per heavy atom. The van der Waals surface area contributed by atoms with Crippen molar-refractivity contribution in [3.8, 4) is 102 Å². The molecule has 3 aliphatic carbocycles. The molecule has 0 saturated carbocycles. The highest BCUT2D eigenvalue weighted by Gasteiger charge is 2.45. The number of ether oxygens (including phenoxy) is 2. The molecule has 2 aliphatic heterocycles. The van der Waals surface area contributed by atoms with Gasteiger partial charge in [-0.3, -0.25) is 0 Å². The fraction of sp³-hybridized carbons (Fsp3) is 0.0707. The lowest BCUT2D eigenvalue weighted by atomic mass is 9.82. The van der Waals surface area contributed by atoms with Gasteiger partial charge in [0.2, 0.25) is 0 Å². The minimum Gasteiger partial charge on any atom is -0.484 e. The van der Waals surface area contributed by atoms with Crippen molar-refractivity contribution in [3.63, 3.8) is 0 Å². The summed E-state index contributed by atoms with van der Waals surface area (Å²) < 4.78 is 18.9. The summed E-state index contributed by atoms with van der Waals surface area (Å²) in [6, 6.07) is 111. The quantitative estimate of drug-likeness (QED) is 0.139. The van der Waals surface area contributed by atoms with Crippen LogP contribution in [0.1, 0.15) is 82.7 Å². The summed E-state index contributed by atoms with van der Waals surface area (Å²) in [6.07, 6.45) is 8.83. The Bertz CT molecular complexity index is 6710. The van der Waals surface area contributed by atoms with E-state index in [1.54, 1.807) is 0 Å². The molecule has 0 amide bonds. The molecule has 0 bridgehead atoms. The molecule has 18 aromatic rings. The summed E-state index contributed by atoms with van der Waals surface area (Å²) in [6.45, 7) is 4.68. The molecule has 0 radical (unpaired) electrons. The van der Waals surface area contributed by atoms with Crippen LogP contribution in [-0.2, 0) is 5.41 Å². The first kappa shape index (κ1) is 62.4. The summed E-state index contributed by atoms with van der Waals surface area (Å²) in [5, 5.41) is 9.99. The molecule has 514 valence electrons. The maximum Gasteiger partial charge on any atom is 0.164 e. The molecule has 0 N–H and O–H groups in total. The molecular weight excluding hydrogens is 1330 g/mol. The number of hydrogen-bond acceptors (Lipinski definition) is 8. The third-order valence-electron chi connectivity index (χ3n) is 23.0. The van der Waals surface area contributed by atoms with Gasteiger partial charge in [0.15, 0.2) is 34.9 Å². The maximum absolute atomic E-state index is 7.03. The van der Waals surface area contributed by atoms with Crippen molar-refractivity contribution in [1.82, 2.24) is 39.0 Å². The summed E-state index contributed by atoms with van der Waals surface area (Å²) in [5.41, 5.74) is 22.5. The van der Waals surface area contributed by atoms with E-state index in [1.165, 1.54) is 82.0 Å². The number of rotatable bonds is 8. The van der Waals surface area contributed by atoms with Crippen molar-refractivity contribution in [1.29, 1.82) is 0 Å². The normalized spacial score (nSPS) is 16.3. The molecule has 0 fully saturated rings. The van der Waals surface area contributed by atoms with Crippen LogP contribution < -0.4 is 9.47 Å². The molecule has 0 spiro atoms.